The Bertz CT molecular complexity index is 393. The molecule has 0 aromatic heterocycles. The molecule has 3 heteroatoms. The van der Waals surface area contributed by atoms with Crippen molar-refractivity contribution in [2.24, 2.45) is 5.92 Å². The summed E-state index contributed by atoms with van der Waals surface area (Å²) in [5, 5.41) is 3.47. The van der Waals surface area contributed by atoms with Crippen molar-refractivity contribution in [1.82, 2.24) is 0 Å². The smallest absolute Gasteiger partial charge is 0.124 e. The van der Waals surface area contributed by atoms with Gasteiger partial charge in [0.15, 0.2) is 0 Å². The highest BCUT2D eigenvalue weighted by Crippen LogP contribution is 2.26. The highest BCUT2D eigenvalue weighted by molar-refractivity contribution is 5.53. The third kappa shape index (κ3) is 3.42. The van der Waals surface area contributed by atoms with Gasteiger partial charge in [0, 0.05) is 30.4 Å². The van der Waals surface area contributed by atoms with Crippen LogP contribution in [0.2, 0.25) is 0 Å². The van der Waals surface area contributed by atoms with E-state index in [4.69, 9.17) is 9.47 Å². The summed E-state index contributed by atoms with van der Waals surface area (Å²) in [4.78, 5) is 0. The van der Waals surface area contributed by atoms with Crippen molar-refractivity contribution in [2.45, 2.75) is 19.3 Å². The van der Waals surface area contributed by atoms with Crippen molar-refractivity contribution in [1.29, 1.82) is 0 Å². The van der Waals surface area contributed by atoms with Gasteiger partial charge in [-0.05, 0) is 25.2 Å². The Morgan fingerprint density at radius 1 is 1.11 bits per heavy atom. The van der Waals surface area contributed by atoms with Crippen molar-refractivity contribution < 1.29 is 9.47 Å². The van der Waals surface area contributed by atoms with Crippen LogP contribution in [0, 0.1) is 5.92 Å². The quantitative estimate of drug-likeness (QED) is 0.808. The monoisotopic (exact) mass is 247 g/mol. The van der Waals surface area contributed by atoms with E-state index in [0.29, 0.717) is 0 Å². The number of anilines is 1. The van der Waals surface area contributed by atoms with Crippen LogP contribution in [0.1, 0.15) is 19.3 Å². The zero-order valence-corrected chi connectivity index (χ0v) is 11.1. The van der Waals surface area contributed by atoms with Gasteiger partial charge in [-0.3, -0.25) is 0 Å². The first-order valence-electron chi connectivity index (χ1n) is 6.43. The lowest BCUT2D eigenvalue weighted by molar-refractivity contribution is 0.394. The van der Waals surface area contributed by atoms with Gasteiger partial charge in [-0.25, -0.2) is 0 Å². The largest absolute Gasteiger partial charge is 0.497 e. The van der Waals surface area contributed by atoms with Crippen LogP contribution >= 0.6 is 0 Å². The second kappa shape index (κ2) is 6.34. The maximum absolute atomic E-state index is 5.26. The van der Waals surface area contributed by atoms with Gasteiger partial charge in [0.1, 0.15) is 11.5 Å². The minimum Gasteiger partial charge on any atom is -0.497 e. The molecule has 0 spiro atoms. The van der Waals surface area contributed by atoms with E-state index >= 15 is 0 Å². The van der Waals surface area contributed by atoms with Crippen LogP contribution in [0.3, 0.4) is 0 Å². The van der Waals surface area contributed by atoms with E-state index in [1.807, 2.05) is 18.2 Å². The number of allylic oxidation sites excluding steroid dienone is 2. The fourth-order valence-electron chi connectivity index (χ4n) is 2.21. The standard InChI is InChI=1S/C15H21NO2/c1-17-14-8-13(9-15(10-14)18-2)16-11-12-6-4-3-5-7-12/h3-4,8-10,12,16H,5-7,11H2,1-2H3/t12-/m0/s1. The number of nitrogens with one attached hydrogen (secondary N) is 1. The van der Waals surface area contributed by atoms with Crippen LogP contribution in [0.5, 0.6) is 11.5 Å². The molecule has 1 aliphatic carbocycles. The van der Waals surface area contributed by atoms with E-state index in [-0.39, 0.29) is 0 Å². The fourth-order valence-corrected chi connectivity index (χ4v) is 2.21. The molecule has 0 saturated carbocycles. The van der Waals surface area contributed by atoms with E-state index in [9.17, 15) is 0 Å². The fraction of sp³-hybridized carbons (Fsp3) is 0.467. The molecular formula is C15H21NO2. The molecule has 0 fully saturated rings. The molecule has 1 N–H and O–H groups in total. The predicted octanol–water partition coefficient (Wildman–Crippen LogP) is 3.47. The van der Waals surface area contributed by atoms with Crippen molar-refractivity contribution in [3.63, 3.8) is 0 Å². The molecule has 0 unspecified atom stereocenters. The Kier molecular flexibility index (Phi) is 4.51. The van der Waals surface area contributed by atoms with Crippen LogP contribution < -0.4 is 14.8 Å². The topological polar surface area (TPSA) is 30.5 Å². The molecule has 0 saturated heterocycles. The lowest BCUT2D eigenvalue weighted by Gasteiger charge is -2.19. The Morgan fingerprint density at radius 3 is 2.39 bits per heavy atom. The highest BCUT2D eigenvalue weighted by atomic mass is 16.5. The van der Waals surface area contributed by atoms with Gasteiger partial charge in [0.25, 0.3) is 0 Å². The van der Waals surface area contributed by atoms with Gasteiger partial charge in [-0.2, -0.15) is 0 Å². The van der Waals surface area contributed by atoms with E-state index in [2.05, 4.69) is 17.5 Å². The zero-order chi connectivity index (χ0) is 12.8. The summed E-state index contributed by atoms with van der Waals surface area (Å²) < 4.78 is 10.5. The number of hydrogen-bond donors (Lipinski definition) is 1. The number of methoxy groups -OCH3 is 2. The summed E-state index contributed by atoms with van der Waals surface area (Å²) in [6.07, 6.45) is 8.19. The maximum atomic E-state index is 5.26. The van der Waals surface area contributed by atoms with Crippen LogP contribution in [0.25, 0.3) is 0 Å². The lowest BCUT2D eigenvalue weighted by Crippen LogP contribution is -2.15. The molecule has 1 aromatic carbocycles. The molecule has 0 bridgehead atoms. The Morgan fingerprint density at radius 2 is 1.83 bits per heavy atom. The summed E-state index contributed by atoms with van der Waals surface area (Å²) in [5.74, 6) is 2.37. The maximum Gasteiger partial charge on any atom is 0.124 e. The van der Waals surface area contributed by atoms with Gasteiger partial charge in [0.2, 0.25) is 0 Å². The van der Waals surface area contributed by atoms with Crippen molar-refractivity contribution in [3.8, 4) is 11.5 Å². The third-order valence-corrected chi connectivity index (χ3v) is 3.32. The number of hydrogen-bond acceptors (Lipinski definition) is 3. The molecule has 1 aromatic rings. The van der Waals surface area contributed by atoms with Gasteiger partial charge in [-0.1, -0.05) is 12.2 Å². The van der Waals surface area contributed by atoms with Crippen LogP contribution in [0.15, 0.2) is 30.4 Å². The third-order valence-electron chi connectivity index (χ3n) is 3.32. The van der Waals surface area contributed by atoms with Gasteiger partial charge < -0.3 is 14.8 Å². The van der Waals surface area contributed by atoms with Crippen LogP contribution in [-0.4, -0.2) is 20.8 Å². The Hall–Kier alpha value is -1.64. The van der Waals surface area contributed by atoms with Crippen molar-refractivity contribution in [2.75, 3.05) is 26.1 Å². The first kappa shape index (κ1) is 12.8. The van der Waals surface area contributed by atoms with E-state index in [0.717, 1.165) is 29.6 Å². The van der Waals surface area contributed by atoms with Crippen molar-refractivity contribution >= 4 is 5.69 Å². The van der Waals surface area contributed by atoms with Crippen LogP contribution in [-0.2, 0) is 0 Å². The molecule has 98 valence electrons. The average Bonchev–Trinajstić information content (AvgIpc) is 2.45. The van der Waals surface area contributed by atoms with E-state index in [1.165, 1.54) is 19.3 Å². The lowest BCUT2D eigenvalue weighted by atomic mass is 9.94. The normalized spacial score (nSPS) is 18.4. The molecule has 1 aliphatic rings. The zero-order valence-electron chi connectivity index (χ0n) is 11.1. The van der Waals surface area contributed by atoms with E-state index < -0.39 is 0 Å². The molecule has 0 amide bonds. The van der Waals surface area contributed by atoms with Crippen molar-refractivity contribution in [3.05, 3.63) is 30.4 Å². The molecule has 3 nitrogen and oxygen atoms in total. The minimum atomic E-state index is 0.729. The summed E-state index contributed by atoms with van der Waals surface area (Å²) in [6.45, 7) is 1.00. The van der Waals surface area contributed by atoms with Gasteiger partial charge in [-0.15, -0.1) is 0 Å². The van der Waals surface area contributed by atoms with E-state index in [1.54, 1.807) is 14.2 Å². The highest BCUT2D eigenvalue weighted by Gasteiger charge is 2.10. The second-order valence-electron chi connectivity index (χ2n) is 4.63. The minimum absolute atomic E-state index is 0.729. The molecule has 0 radical (unpaired) electrons. The number of ether oxygens (including phenoxy) is 2. The first-order valence-corrected chi connectivity index (χ1v) is 6.43. The molecule has 0 heterocycles. The van der Waals surface area contributed by atoms with Gasteiger partial charge in [0.05, 0.1) is 14.2 Å². The summed E-state index contributed by atoms with van der Waals surface area (Å²) in [7, 11) is 3.34. The molecular weight excluding hydrogens is 226 g/mol. The first-order chi connectivity index (χ1) is 8.81. The molecule has 18 heavy (non-hydrogen) atoms. The molecule has 2 rings (SSSR count). The molecule has 1 atom stereocenters. The van der Waals surface area contributed by atoms with Gasteiger partial charge >= 0.3 is 0 Å². The predicted molar refractivity (Wildman–Crippen MR) is 74.5 cm³/mol. The molecule has 0 aliphatic heterocycles. The Balaban J connectivity index is 1.97. The van der Waals surface area contributed by atoms with Crippen LogP contribution in [0.4, 0.5) is 5.69 Å². The summed E-state index contributed by atoms with van der Waals surface area (Å²) in [6, 6.07) is 5.89. The Labute approximate surface area is 109 Å². The summed E-state index contributed by atoms with van der Waals surface area (Å²) >= 11 is 0. The summed E-state index contributed by atoms with van der Waals surface area (Å²) in [5.41, 5.74) is 1.06. The average molecular weight is 247 g/mol. The number of rotatable bonds is 5. The second-order valence-corrected chi connectivity index (χ2v) is 4.63. The number of benzene rings is 1. The SMILES string of the molecule is COc1cc(NC[C@H]2CC=CCC2)cc(OC)c1.